The zero-order chi connectivity index (χ0) is 5.11. The van der Waals surface area contributed by atoms with Crippen LogP contribution in [-0.2, 0) is 0 Å². The maximum Gasteiger partial charge on any atom is 0.196 e. The Hall–Kier alpha value is 0.1000. The van der Waals surface area contributed by atoms with E-state index >= 15 is 0 Å². The van der Waals surface area contributed by atoms with Crippen molar-refractivity contribution in [2.24, 2.45) is 0 Å². The average Bonchev–Trinajstić information content (AvgIpc) is 1.69. The molecule has 0 aromatic carbocycles. The van der Waals surface area contributed by atoms with Gasteiger partial charge < -0.3 is 24.0 Å². The molecule has 0 atom stereocenters. The summed E-state index contributed by atoms with van der Waals surface area (Å²) in [6, 6.07) is 3.49. The van der Waals surface area contributed by atoms with E-state index < -0.39 is 0 Å². The Morgan fingerprint density at radius 1 is 1.62 bits per heavy atom. The summed E-state index contributed by atoms with van der Waals surface area (Å²) < 4.78 is 0. The first kappa shape index (κ1) is 8.10. The molecule has 0 aliphatic rings. The number of hydrogen-bond acceptors (Lipinski definition) is 1. The lowest BCUT2D eigenvalue weighted by molar-refractivity contribution is -0.454. The molecular formula is C4H4ClIN2. The van der Waals surface area contributed by atoms with E-state index in [4.69, 9.17) is 11.6 Å². The maximum atomic E-state index is 5.40. The van der Waals surface area contributed by atoms with Crippen molar-refractivity contribution in [2.45, 2.75) is 0 Å². The third-order valence-corrected chi connectivity index (χ3v) is 0.786. The SMILES string of the molecule is Clc1ccc[nH+]n1.[I-]. The molecule has 0 unspecified atom stereocenters. The second kappa shape index (κ2) is 4.03. The van der Waals surface area contributed by atoms with E-state index in [2.05, 4.69) is 10.2 Å². The Labute approximate surface area is 69.3 Å². The molecule has 0 aliphatic heterocycles. The van der Waals surface area contributed by atoms with E-state index in [1.165, 1.54) is 0 Å². The Balaban J connectivity index is 0.000000490. The first-order chi connectivity index (χ1) is 3.39. The standard InChI is InChI=1S/C4H3ClN2.HI/c5-4-2-1-3-6-7-4;/h1-3H;1H. The van der Waals surface area contributed by atoms with Crippen molar-refractivity contribution in [1.29, 1.82) is 0 Å². The fourth-order valence-electron chi connectivity index (χ4n) is 0.307. The Bertz CT molecular complexity index is 144. The predicted octanol–water partition coefficient (Wildman–Crippen LogP) is -2.45. The fourth-order valence-corrected chi connectivity index (χ4v) is 0.428. The van der Waals surface area contributed by atoms with Gasteiger partial charge in [-0.3, -0.25) is 0 Å². The zero-order valence-electron chi connectivity index (χ0n) is 3.94. The summed E-state index contributed by atoms with van der Waals surface area (Å²) in [6.07, 6.45) is 1.70. The first-order valence-electron chi connectivity index (χ1n) is 1.88. The summed E-state index contributed by atoms with van der Waals surface area (Å²) in [6.45, 7) is 0. The van der Waals surface area contributed by atoms with Crippen LogP contribution in [0.3, 0.4) is 0 Å². The lowest BCUT2D eigenvalue weighted by Gasteiger charge is -1.71. The molecule has 0 spiro atoms. The number of aromatic nitrogens is 2. The van der Waals surface area contributed by atoms with Crippen molar-refractivity contribution >= 4 is 11.6 Å². The van der Waals surface area contributed by atoms with E-state index in [1.54, 1.807) is 18.3 Å². The molecule has 0 amide bonds. The van der Waals surface area contributed by atoms with Crippen LogP contribution < -0.4 is 29.1 Å². The lowest BCUT2D eigenvalue weighted by Crippen LogP contribution is -3.00. The maximum absolute atomic E-state index is 5.40. The highest BCUT2D eigenvalue weighted by molar-refractivity contribution is 6.29. The number of halogens is 2. The van der Waals surface area contributed by atoms with Crippen molar-refractivity contribution in [2.75, 3.05) is 0 Å². The van der Waals surface area contributed by atoms with Gasteiger partial charge in [0, 0.05) is 11.2 Å². The predicted molar refractivity (Wildman–Crippen MR) is 25.8 cm³/mol. The summed E-state index contributed by atoms with van der Waals surface area (Å²) in [4.78, 5) is 0. The van der Waals surface area contributed by atoms with Crippen molar-refractivity contribution in [3.8, 4) is 0 Å². The molecule has 1 N–H and O–H groups in total. The van der Waals surface area contributed by atoms with Gasteiger partial charge in [-0.15, -0.1) is 5.10 Å². The summed E-state index contributed by atoms with van der Waals surface area (Å²) >= 11 is 5.40. The molecule has 44 valence electrons. The Kier molecular flexibility index (Phi) is 4.08. The van der Waals surface area contributed by atoms with Crippen LogP contribution in [-0.4, -0.2) is 5.10 Å². The molecule has 0 bridgehead atoms. The Morgan fingerprint density at radius 3 is 2.62 bits per heavy atom. The van der Waals surface area contributed by atoms with Gasteiger partial charge in [-0.05, 0) is 6.07 Å². The molecule has 0 saturated carbocycles. The molecule has 0 aliphatic carbocycles. The molecule has 0 radical (unpaired) electrons. The molecular weight excluding hydrogens is 238 g/mol. The highest BCUT2D eigenvalue weighted by Gasteiger charge is 1.83. The molecule has 1 aromatic rings. The third-order valence-electron chi connectivity index (χ3n) is 0.576. The van der Waals surface area contributed by atoms with Gasteiger partial charge >= 0.3 is 0 Å². The molecule has 0 saturated heterocycles. The van der Waals surface area contributed by atoms with Crippen LogP contribution in [0, 0.1) is 0 Å². The van der Waals surface area contributed by atoms with E-state index in [9.17, 15) is 0 Å². The summed E-state index contributed by atoms with van der Waals surface area (Å²) in [5.41, 5.74) is 0. The number of hydrogen-bond donors (Lipinski definition) is 0. The van der Waals surface area contributed by atoms with Gasteiger partial charge in [-0.1, -0.05) is 11.6 Å². The molecule has 4 heteroatoms. The Morgan fingerprint density at radius 2 is 2.38 bits per heavy atom. The molecule has 1 heterocycles. The smallest absolute Gasteiger partial charge is 0.196 e. The van der Waals surface area contributed by atoms with E-state index in [0.29, 0.717) is 5.15 Å². The van der Waals surface area contributed by atoms with Gasteiger partial charge in [-0.2, -0.15) is 0 Å². The molecule has 8 heavy (non-hydrogen) atoms. The van der Waals surface area contributed by atoms with Crippen molar-refractivity contribution in [3.05, 3.63) is 23.5 Å². The number of rotatable bonds is 0. The van der Waals surface area contributed by atoms with Gasteiger partial charge in [0.05, 0.1) is 0 Å². The highest BCUT2D eigenvalue weighted by atomic mass is 127. The fraction of sp³-hybridized carbons (Fsp3) is 0. The second-order valence-corrected chi connectivity index (χ2v) is 1.48. The minimum Gasteiger partial charge on any atom is -1.00 e. The van der Waals surface area contributed by atoms with Crippen molar-refractivity contribution in [3.63, 3.8) is 0 Å². The summed E-state index contributed by atoms with van der Waals surface area (Å²) in [5.74, 6) is 0. The van der Waals surface area contributed by atoms with Crippen molar-refractivity contribution in [1.82, 2.24) is 5.10 Å². The highest BCUT2D eigenvalue weighted by Crippen LogP contribution is 1.94. The molecule has 1 aromatic heterocycles. The molecule has 0 fully saturated rings. The zero-order valence-corrected chi connectivity index (χ0v) is 6.85. The normalized spacial score (nSPS) is 7.62. The van der Waals surface area contributed by atoms with Gasteiger partial charge in [0.15, 0.2) is 11.3 Å². The molecule has 1 rings (SSSR count). The summed E-state index contributed by atoms with van der Waals surface area (Å²) in [5, 5.41) is 6.69. The second-order valence-electron chi connectivity index (χ2n) is 1.09. The van der Waals surface area contributed by atoms with E-state index in [0.717, 1.165) is 0 Å². The van der Waals surface area contributed by atoms with E-state index in [-0.39, 0.29) is 24.0 Å². The van der Waals surface area contributed by atoms with Crippen LogP contribution in [0.4, 0.5) is 0 Å². The van der Waals surface area contributed by atoms with Gasteiger partial charge in [0.1, 0.15) is 0 Å². The van der Waals surface area contributed by atoms with Crippen LogP contribution in [0.1, 0.15) is 0 Å². The number of aromatic amines is 1. The monoisotopic (exact) mass is 242 g/mol. The van der Waals surface area contributed by atoms with Crippen LogP contribution >= 0.6 is 11.6 Å². The minimum atomic E-state index is 0. The number of nitrogens with zero attached hydrogens (tertiary/aromatic N) is 1. The summed E-state index contributed by atoms with van der Waals surface area (Å²) in [7, 11) is 0. The van der Waals surface area contributed by atoms with Gasteiger partial charge in [-0.25, -0.2) is 0 Å². The average molecular weight is 242 g/mol. The molecule has 2 nitrogen and oxygen atoms in total. The van der Waals surface area contributed by atoms with Crippen LogP contribution in [0.2, 0.25) is 5.15 Å². The van der Waals surface area contributed by atoms with Crippen molar-refractivity contribution < 1.29 is 29.1 Å². The van der Waals surface area contributed by atoms with Gasteiger partial charge in [0.25, 0.3) is 0 Å². The minimum absolute atomic E-state index is 0. The third kappa shape index (κ3) is 2.42. The lowest BCUT2D eigenvalue weighted by atomic mass is 10.6. The largest absolute Gasteiger partial charge is 1.00 e. The van der Waals surface area contributed by atoms with Crippen LogP contribution in [0.25, 0.3) is 0 Å². The quantitative estimate of drug-likeness (QED) is 0.464. The van der Waals surface area contributed by atoms with E-state index in [1.807, 2.05) is 0 Å². The topological polar surface area (TPSA) is 27.0 Å². The van der Waals surface area contributed by atoms with Gasteiger partial charge in [0.2, 0.25) is 0 Å². The van der Waals surface area contributed by atoms with Crippen LogP contribution in [0.5, 0.6) is 0 Å². The number of H-pyrrole nitrogens is 1. The van der Waals surface area contributed by atoms with Crippen LogP contribution in [0.15, 0.2) is 18.3 Å². The first-order valence-corrected chi connectivity index (χ1v) is 2.26. The number of nitrogens with one attached hydrogen (secondary N) is 1.